The maximum absolute atomic E-state index is 6.01. The molecular weight excluding hydrogens is 160 g/mol. The van der Waals surface area contributed by atoms with E-state index in [1.54, 1.807) is 0 Å². The number of rotatable bonds is 2. The lowest BCUT2D eigenvalue weighted by atomic mass is 9.89. The predicted octanol–water partition coefficient (Wildman–Crippen LogP) is 1.77. The van der Waals surface area contributed by atoms with Gasteiger partial charge in [-0.15, -0.1) is 0 Å². The molecule has 70 valence electrons. The second kappa shape index (κ2) is 2.81. The first kappa shape index (κ1) is 8.70. The quantitative estimate of drug-likeness (QED) is 0.745. The zero-order valence-electron chi connectivity index (χ0n) is 8.25. The van der Waals surface area contributed by atoms with Crippen molar-refractivity contribution < 1.29 is 0 Å². The maximum Gasteiger partial charge on any atom is 0.0410 e. The molecule has 1 aliphatic carbocycles. The number of nitrogens with two attached hydrogens (primary N) is 1. The van der Waals surface area contributed by atoms with Crippen LogP contribution in [0.5, 0.6) is 0 Å². The van der Waals surface area contributed by atoms with Crippen molar-refractivity contribution in [3.05, 3.63) is 29.6 Å². The average Bonchev–Trinajstić information content (AvgIpc) is 2.85. The SMILES string of the molecule is Cc1ncccc1C1(C(C)N)CC1. The summed E-state index contributed by atoms with van der Waals surface area (Å²) in [4.78, 5) is 4.31. The van der Waals surface area contributed by atoms with E-state index in [1.807, 2.05) is 12.3 Å². The van der Waals surface area contributed by atoms with Crippen LogP contribution in [-0.4, -0.2) is 11.0 Å². The fourth-order valence-electron chi connectivity index (χ4n) is 2.12. The van der Waals surface area contributed by atoms with Gasteiger partial charge in [0.2, 0.25) is 0 Å². The van der Waals surface area contributed by atoms with Gasteiger partial charge in [-0.05, 0) is 38.3 Å². The highest BCUT2D eigenvalue weighted by Gasteiger charge is 2.48. The Bertz CT molecular complexity index is 314. The van der Waals surface area contributed by atoms with E-state index in [0.717, 1.165) is 5.69 Å². The van der Waals surface area contributed by atoms with Gasteiger partial charge in [-0.1, -0.05) is 6.07 Å². The van der Waals surface area contributed by atoms with E-state index in [-0.39, 0.29) is 11.5 Å². The average molecular weight is 176 g/mol. The van der Waals surface area contributed by atoms with Crippen molar-refractivity contribution in [3.63, 3.8) is 0 Å². The Kier molecular flexibility index (Phi) is 1.88. The summed E-state index contributed by atoms with van der Waals surface area (Å²) in [5.74, 6) is 0. The lowest BCUT2D eigenvalue weighted by molar-refractivity contribution is 0.551. The van der Waals surface area contributed by atoms with Gasteiger partial charge in [-0.2, -0.15) is 0 Å². The van der Waals surface area contributed by atoms with Gasteiger partial charge in [0.15, 0.2) is 0 Å². The van der Waals surface area contributed by atoms with Crippen LogP contribution in [0.15, 0.2) is 18.3 Å². The molecule has 0 bridgehead atoms. The van der Waals surface area contributed by atoms with Crippen molar-refractivity contribution in [1.82, 2.24) is 4.98 Å². The molecule has 0 aliphatic heterocycles. The van der Waals surface area contributed by atoms with Gasteiger partial charge in [0.05, 0.1) is 0 Å². The fourth-order valence-corrected chi connectivity index (χ4v) is 2.12. The summed E-state index contributed by atoms with van der Waals surface area (Å²) >= 11 is 0. The first-order valence-electron chi connectivity index (χ1n) is 4.84. The molecule has 0 aromatic carbocycles. The molecular formula is C11H16N2. The number of aryl methyl sites for hydroxylation is 1. The Morgan fingerprint density at radius 1 is 1.54 bits per heavy atom. The van der Waals surface area contributed by atoms with Crippen molar-refractivity contribution in [2.24, 2.45) is 5.73 Å². The standard InChI is InChI=1S/C11H16N2/c1-8-10(4-3-7-13-8)11(5-6-11)9(2)12/h3-4,7,9H,5-6,12H2,1-2H3. The van der Waals surface area contributed by atoms with Gasteiger partial charge in [0.25, 0.3) is 0 Å². The minimum atomic E-state index is 0.246. The summed E-state index contributed by atoms with van der Waals surface area (Å²) in [5, 5.41) is 0. The fraction of sp³-hybridized carbons (Fsp3) is 0.545. The molecule has 1 fully saturated rings. The number of pyridine rings is 1. The van der Waals surface area contributed by atoms with E-state index in [1.165, 1.54) is 18.4 Å². The molecule has 1 aromatic heterocycles. The lowest BCUT2D eigenvalue weighted by Crippen LogP contribution is -2.32. The van der Waals surface area contributed by atoms with Crippen molar-refractivity contribution in [3.8, 4) is 0 Å². The molecule has 1 aliphatic rings. The number of nitrogens with zero attached hydrogens (tertiary/aromatic N) is 1. The largest absolute Gasteiger partial charge is 0.327 e. The minimum absolute atomic E-state index is 0.246. The van der Waals surface area contributed by atoms with Crippen molar-refractivity contribution in [2.75, 3.05) is 0 Å². The second-order valence-electron chi connectivity index (χ2n) is 4.08. The third-order valence-corrected chi connectivity index (χ3v) is 3.20. The summed E-state index contributed by atoms with van der Waals surface area (Å²) < 4.78 is 0. The van der Waals surface area contributed by atoms with Gasteiger partial charge in [0, 0.05) is 23.3 Å². The first-order chi connectivity index (χ1) is 6.17. The van der Waals surface area contributed by atoms with Crippen molar-refractivity contribution in [2.45, 2.75) is 38.1 Å². The summed E-state index contributed by atoms with van der Waals surface area (Å²) in [6, 6.07) is 4.42. The zero-order valence-corrected chi connectivity index (χ0v) is 8.25. The normalized spacial score (nSPS) is 21.2. The predicted molar refractivity (Wildman–Crippen MR) is 53.5 cm³/mol. The molecule has 0 radical (unpaired) electrons. The van der Waals surface area contributed by atoms with Crippen LogP contribution in [0.1, 0.15) is 31.0 Å². The van der Waals surface area contributed by atoms with E-state index < -0.39 is 0 Å². The third kappa shape index (κ3) is 1.25. The van der Waals surface area contributed by atoms with Crippen LogP contribution in [-0.2, 0) is 5.41 Å². The van der Waals surface area contributed by atoms with Crippen molar-refractivity contribution >= 4 is 0 Å². The highest BCUT2D eigenvalue weighted by Crippen LogP contribution is 2.50. The monoisotopic (exact) mass is 176 g/mol. The summed E-state index contributed by atoms with van der Waals surface area (Å²) in [7, 11) is 0. The number of hydrogen-bond acceptors (Lipinski definition) is 2. The van der Waals surface area contributed by atoms with Crippen LogP contribution >= 0.6 is 0 Å². The Hall–Kier alpha value is -0.890. The lowest BCUT2D eigenvalue weighted by Gasteiger charge is -2.21. The molecule has 1 saturated carbocycles. The van der Waals surface area contributed by atoms with Crippen LogP contribution in [0.3, 0.4) is 0 Å². The topological polar surface area (TPSA) is 38.9 Å². The molecule has 13 heavy (non-hydrogen) atoms. The first-order valence-corrected chi connectivity index (χ1v) is 4.84. The third-order valence-electron chi connectivity index (χ3n) is 3.20. The van der Waals surface area contributed by atoms with Crippen LogP contribution in [0.4, 0.5) is 0 Å². The molecule has 0 spiro atoms. The van der Waals surface area contributed by atoms with E-state index in [0.29, 0.717) is 0 Å². The highest BCUT2D eigenvalue weighted by molar-refractivity contribution is 5.35. The number of hydrogen-bond donors (Lipinski definition) is 1. The zero-order chi connectivity index (χ0) is 9.47. The van der Waals surface area contributed by atoms with E-state index in [2.05, 4.69) is 24.9 Å². The van der Waals surface area contributed by atoms with Crippen molar-refractivity contribution in [1.29, 1.82) is 0 Å². The molecule has 1 atom stereocenters. The van der Waals surface area contributed by atoms with Crippen LogP contribution in [0, 0.1) is 6.92 Å². The van der Waals surface area contributed by atoms with Gasteiger partial charge in [0.1, 0.15) is 0 Å². The summed E-state index contributed by atoms with van der Waals surface area (Å²) in [6.45, 7) is 4.16. The van der Waals surface area contributed by atoms with E-state index in [9.17, 15) is 0 Å². The molecule has 2 N–H and O–H groups in total. The molecule has 2 nitrogen and oxygen atoms in total. The molecule has 1 heterocycles. The van der Waals surface area contributed by atoms with Gasteiger partial charge >= 0.3 is 0 Å². The molecule has 0 amide bonds. The maximum atomic E-state index is 6.01. The van der Waals surface area contributed by atoms with Gasteiger partial charge in [-0.3, -0.25) is 4.98 Å². The smallest absolute Gasteiger partial charge is 0.0410 e. The van der Waals surface area contributed by atoms with Crippen LogP contribution in [0.25, 0.3) is 0 Å². The minimum Gasteiger partial charge on any atom is -0.327 e. The summed E-state index contributed by atoms with van der Waals surface area (Å²) in [6.07, 6.45) is 4.28. The Labute approximate surface area is 79.2 Å². The molecule has 1 aromatic rings. The molecule has 2 heteroatoms. The Morgan fingerprint density at radius 2 is 2.23 bits per heavy atom. The van der Waals surface area contributed by atoms with Crippen LogP contribution < -0.4 is 5.73 Å². The van der Waals surface area contributed by atoms with Crippen LogP contribution in [0.2, 0.25) is 0 Å². The molecule has 1 unspecified atom stereocenters. The van der Waals surface area contributed by atoms with Gasteiger partial charge < -0.3 is 5.73 Å². The Balaban J connectivity index is 2.41. The molecule has 2 rings (SSSR count). The molecule has 0 saturated heterocycles. The second-order valence-corrected chi connectivity index (χ2v) is 4.08. The van der Waals surface area contributed by atoms with Gasteiger partial charge in [-0.25, -0.2) is 0 Å². The number of aromatic nitrogens is 1. The van der Waals surface area contributed by atoms with E-state index in [4.69, 9.17) is 5.73 Å². The Morgan fingerprint density at radius 3 is 2.69 bits per heavy atom. The van der Waals surface area contributed by atoms with E-state index >= 15 is 0 Å². The highest BCUT2D eigenvalue weighted by atomic mass is 14.8. The summed E-state index contributed by atoms with van der Waals surface area (Å²) in [5.41, 5.74) is 8.74.